The Labute approximate surface area is 140 Å². The molecule has 1 atom stereocenters. The van der Waals surface area contributed by atoms with Crippen LogP contribution in [0.5, 0.6) is 0 Å². The van der Waals surface area contributed by atoms with Crippen molar-refractivity contribution in [3.63, 3.8) is 0 Å². The summed E-state index contributed by atoms with van der Waals surface area (Å²) in [5.74, 6) is 1.14. The van der Waals surface area contributed by atoms with Crippen LogP contribution in [0.2, 0.25) is 0 Å². The molecular formula is C14H13N5O2S2. The summed E-state index contributed by atoms with van der Waals surface area (Å²) in [5, 5.41) is 25.6. The zero-order valence-corrected chi connectivity index (χ0v) is 14.0. The molecule has 2 aromatic rings. The van der Waals surface area contributed by atoms with Gasteiger partial charge in [-0.1, -0.05) is 37.7 Å². The molecule has 0 saturated heterocycles. The molecule has 0 spiro atoms. The van der Waals surface area contributed by atoms with Crippen molar-refractivity contribution in [2.24, 2.45) is 0 Å². The van der Waals surface area contributed by atoms with Gasteiger partial charge in [-0.2, -0.15) is 0 Å². The molecule has 1 aromatic heterocycles. The predicted octanol–water partition coefficient (Wildman–Crippen LogP) is 3.60. The largest absolute Gasteiger partial charge is 0.269 e. The Morgan fingerprint density at radius 2 is 2.17 bits per heavy atom. The Morgan fingerprint density at radius 1 is 1.35 bits per heavy atom. The molecule has 0 aliphatic carbocycles. The minimum absolute atomic E-state index is 0.0489. The second-order valence-electron chi connectivity index (χ2n) is 5.55. The van der Waals surface area contributed by atoms with Gasteiger partial charge in [0.25, 0.3) is 5.69 Å². The molecule has 0 unspecified atom stereocenters. The van der Waals surface area contributed by atoms with E-state index in [1.807, 2.05) is 10.7 Å². The predicted molar refractivity (Wildman–Crippen MR) is 89.7 cm³/mol. The highest BCUT2D eigenvalue weighted by Crippen LogP contribution is 2.51. The zero-order valence-electron chi connectivity index (χ0n) is 12.4. The average molecular weight is 347 g/mol. The number of hydrogen-bond donors (Lipinski definition) is 0. The SMILES string of the molecule is CC(C)c1nnc2n1N1C(=CS[C@H]1c1cccc([N+](=O)[O-])c1)S2. The van der Waals surface area contributed by atoms with Crippen LogP contribution in [0.25, 0.3) is 0 Å². The number of hydrogen-bond acceptors (Lipinski definition) is 7. The third kappa shape index (κ3) is 2.22. The molecule has 4 rings (SSSR count). The van der Waals surface area contributed by atoms with Gasteiger partial charge in [-0.15, -0.1) is 10.2 Å². The lowest BCUT2D eigenvalue weighted by Crippen LogP contribution is -2.31. The van der Waals surface area contributed by atoms with Gasteiger partial charge in [0, 0.05) is 23.5 Å². The molecule has 0 bridgehead atoms. The maximum Gasteiger partial charge on any atom is 0.269 e. The van der Waals surface area contributed by atoms with Gasteiger partial charge in [0.2, 0.25) is 5.16 Å². The Kier molecular flexibility index (Phi) is 3.34. The molecular weight excluding hydrogens is 334 g/mol. The Bertz CT molecular complexity index is 832. The van der Waals surface area contributed by atoms with Gasteiger partial charge in [0.1, 0.15) is 10.4 Å². The number of thioether (sulfide) groups is 2. The summed E-state index contributed by atoms with van der Waals surface area (Å²) in [5.41, 5.74) is 1.00. The summed E-state index contributed by atoms with van der Waals surface area (Å²) >= 11 is 3.21. The second-order valence-corrected chi connectivity index (χ2v) is 7.49. The number of rotatable bonds is 3. The van der Waals surface area contributed by atoms with Crippen molar-refractivity contribution < 1.29 is 4.92 Å². The summed E-state index contributed by atoms with van der Waals surface area (Å²) in [4.78, 5) is 10.7. The van der Waals surface area contributed by atoms with E-state index in [2.05, 4.69) is 34.5 Å². The van der Waals surface area contributed by atoms with E-state index in [1.54, 1.807) is 35.7 Å². The minimum atomic E-state index is -0.361. The smallest absolute Gasteiger partial charge is 0.258 e. The maximum atomic E-state index is 11.0. The number of fused-ring (bicyclic) bond motifs is 3. The van der Waals surface area contributed by atoms with Crippen molar-refractivity contribution in [3.05, 3.63) is 56.2 Å². The van der Waals surface area contributed by atoms with Gasteiger partial charge in [-0.25, -0.2) is 4.68 Å². The van der Waals surface area contributed by atoms with Gasteiger partial charge in [0.15, 0.2) is 5.82 Å². The molecule has 118 valence electrons. The van der Waals surface area contributed by atoms with Crippen LogP contribution in [0.3, 0.4) is 0 Å². The van der Waals surface area contributed by atoms with E-state index in [1.165, 1.54) is 6.07 Å². The monoisotopic (exact) mass is 347 g/mol. The van der Waals surface area contributed by atoms with Crippen LogP contribution >= 0.6 is 23.5 Å². The molecule has 2 aliphatic rings. The van der Waals surface area contributed by atoms with Crippen LogP contribution in [0.4, 0.5) is 5.69 Å². The molecule has 3 heterocycles. The van der Waals surface area contributed by atoms with Crippen LogP contribution in [-0.2, 0) is 0 Å². The first kappa shape index (κ1) is 14.6. The molecule has 0 fully saturated rings. The fourth-order valence-corrected chi connectivity index (χ4v) is 4.86. The molecule has 9 heteroatoms. The highest BCUT2D eigenvalue weighted by atomic mass is 32.2. The van der Waals surface area contributed by atoms with Crippen LogP contribution in [0.1, 0.15) is 36.5 Å². The summed E-state index contributed by atoms with van der Waals surface area (Å²) < 4.78 is 2.03. The Balaban J connectivity index is 1.77. The Morgan fingerprint density at radius 3 is 2.91 bits per heavy atom. The lowest BCUT2D eigenvalue weighted by Gasteiger charge is -2.26. The van der Waals surface area contributed by atoms with Crippen LogP contribution in [-0.4, -0.2) is 19.8 Å². The van der Waals surface area contributed by atoms with E-state index < -0.39 is 0 Å². The van der Waals surface area contributed by atoms with E-state index in [0.29, 0.717) is 0 Å². The van der Waals surface area contributed by atoms with E-state index in [4.69, 9.17) is 0 Å². The highest BCUT2D eigenvalue weighted by molar-refractivity contribution is 8.07. The lowest BCUT2D eigenvalue weighted by atomic mass is 10.2. The molecule has 0 N–H and O–H groups in total. The van der Waals surface area contributed by atoms with Crippen molar-refractivity contribution in [2.75, 3.05) is 5.01 Å². The van der Waals surface area contributed by atoms with Gasteiger partial charge >= 0.3 is 0 Å². The molecule has 23 heavy (non-hydrogen) atoms. The summed E-state index contributed by atoms with van der Waals surface area (Å²) in [6.07, 6.45) is 0. The molecule has 0 amide bonds. The fraction of sp³-hybridized carbons (Fsp3) is 0.286. The lowest BCUT2D eigenvalue weighted by molar-refractivity contribution is -0.384. The van der Waals surface area contributed by atoms with Crippen molar-refractivity contribution in [3.8, 4) is 0 Å². The Hall–Kier alpha value is -2.00. The first-order chi connectivity index (χ1) is 11.1. The molecule has 2 aliphatic heterocycles. The van der Waals surface area contributed by atoms with Crippen LogP contribution in [0, 0.1) is 10.1 Å². The van der Waals surface area contributed by atoms with Gasteiger partial charge in [-0.05, 0) is 17.3 Å². The first-order valence-corrected chi connectivity index (χ1v) is 8.85. The van der Waals surface area contributed by atoms with Crippen LogP contribution in [0.15, 0.2) is 39.9 Å². The third-order valence-corrected chi connectivity index (χ3v) is 5.87. The average Bonchev–Trinajstić information content (AvgIpc) is 3.17. The van der Waals surface area contributed by atoms with E-state index in [-0.39, 0.29) is 21.9 Å². The third-order valence-electron chi connectivity index (χ3n) is 3.68. The second kappa shape index (κ2) is 5.27. The zero-order chi connectivity index (χ0) is 16.1. The minimum Gasteiger partial charge on any atom is -0.258 e. The number of non-ortho nitro benzene ring substituents is 1. The van der Waals surface area contributed by atoms with Gasteiger partial charge in [-0.3, -0.25) is 15.1 Å². The van der Waals surface area contributed by atoms with E-state index in [0.717, 1.165) is 21.6 Å². The number of nitro groups is 1. The van der Waals surface area contributed by atoms with Crippen molar-refractivity contribution in [1.82, 2.24) is 14.9 Å². The molecule has 0 radical (unpaired) electrons. The van der Waals surface area contributed by atoms with Crippen molar-refractivity contribution in [2.45, 2.75) is 30.3 Å². The van der Waals surface area contributed by atoms with E-state index in [9.17, 15) is 10.1 Å². The summed E-state index contributed by atoms with van der Waals surface area (Å²) in [7, 11) is 0. The fourth-order valence-electron chi connectivity index (χ4n) is 2.63. The highest BCUT2D eigenvalue weighted by Gasteiger charge is 2.40. The number of aromatic nitrogens is 3. The molecule has 1 aromatic carbocycles. The number of benzene rings is 1. The molecule has 7 nitrogen and oxygen atoms in total. The van der Waals surface area contributed by atoms with Crippen LogP contribution < -0.4 is 5.01 Å². The summed E-state index contributed by atoms with van der Waals surface area (Å²) in [6.45, 7) is 4.16. The number of nitrogens with zero attached hydrogens (tertiary/aromatic N) is 5. The normalized spacial score (nSPS) is 19.0. The van der Waals surface area contributed by atoms with Gasteiger partial charge in [0.05, 0.1) is 4.92 Å². The first-order valence-electron chi connectivity index (χ1n) is 7.09. The topological polar surface area (TPSA) is 77.1 Å². The maximum absolute atomic E-state index is 11.0. The quantitative estimate of drug-likeness (QED) is 0.620. The van der Waals surface area contributed by atoms with Crippen molar-refractivity contribution >= 4 is 29.2 Å². The summed E-state index contributed by atoms with van der Waals surface area (Å²) in [6, 6.07) is 6.80. The van der Waals surface area contributed by atoms with E-state index >= 15 is 0 Å². The standard InChI is InChI=1S/C14H13N5O2S2/c1-8(2)12-15-16-14-18(12)17-11(23-14)7-22-13(17)9-4-3-5-10(6-9)19(20)21/h3-8,13H,1-2H3/t13-/m0/s1. The van der Waals surface area contributed by atoms with Crippen molar-refractivity contribution in [1.29, 1.82) is 0 Å². The van der Waals surface area contributed by atoms with Gasteiger partial charge < -0.3 is 0 Å². The number of nitro benzene ring substituents is 1. The molecule has 0 saturated carbocycles.